The van der Waals surface area contributed by atoms with Crippen LogP contribution in [0.3, 0.4) is 0 Å². The summed E-state index contributed by atoms with van der Waals surface area (Å²) in [4.78, 5) is 11.7. The van der Waals surface area contributed by atoms with Gasteiger partial charge in [0.2, 0.25) is 5.91 Å². The molecule has 0 bridgehead atoms. The van der Waals surface area contributed by atoms with Crippen LogP contribution < -0.4 is 5.43 Å². The lowest BCUT2D eigenvalue weighted by Gasteiger charge is -2.04. The quantitative estimate of drug-likeness (QED) is 0.599. The zero-order valence-corrected chi connectivity index (χ0v) is 12.6. The summed E-state index contributed by atoms with van der Waals surface area (Å²) in [6.07, 6.45) is 1.42. The van der Waals surface area contributed by atoms with Crippen molar-refractivity contribution in [3.63, 3.8) is 0 Å². The fourth-order valence-electron chi connectivity index (χ4n) is 1.93. The normalized spacial score (nSPS) is 10.8. The number of phenols is 2. The third-order valence-electron chi connectivity index (χ3n) is 2.96. The van der Waals surface area contributed by atoms with Crippen LogP contribution in [0.25, 0.3) is 0 Å². The van der Waals surface area contributed by atoms with Gasteiger partial charge in [0, 0.05) is 10.6 Å². The Bertz CT molecular complexity index is 729. The predicted octanol–water partition coefficient (Wildman–Crippen LogP) is 2.75. The van der Waals surface area contributed by atoms with Gasteiger partial charge in [-0.1, -0.05) is 23.7 Å². The summed E-state index contributed by atoms with van der Waals surface area (Å²) in [6, 6.07) is 9.62. The Kier molecular flexibility index (Phi) is 5.01. The first kappa shape index (κ1) is 15.9. The van der Waals surface area contributed by atoms with Gasteiger partial charge in [0.25, 0.3) is 0 Å². The zero-order valence-electron chi connectivity index (χ0n) is 11.9. The zero-order chi connectivity index (χ0) is 16.1. The fourth-order valence-corrected chi connectivity index (χ4v) is 2.21. The highest BCUT2D eigenvalue weighted by Gasteiger charge is 2.05. The molecule has 114 valence electrons. The highest BCUT2D eigenvalue weighted by atomic mass is 35.5. The number of hydrogen-bond acceptors (Lipinski definition) is 4. The summed E-state index contributed by atoms with van der Waals surface area (Å²) in [5, 5.41) is 23.5. The van der Waals surface area contributed by atoms with Gasteiger partial charge in [-0.05, 0) is 42.3 Å². The van der Waals surface area contributed by atoms with Gasteiger partial charge in [0.05, 0.1) is 12.6 Å². The monoisotopic (exact) mass is 318 g/mol. The number of nitrogens with one attached hydrogen (secondary N) is 1. The van der Waals surface area contributed by atoms with Crippen molar-refractivity contribution in [2.75, 3.05) is 0 Å². The molecule has 0 atom stereocenters. The third-order valence-corrected chi connectivity index (χ3v) is 3.18. The highest BCUT2D eigenvalue weighted by molar-refractivity contribution is 6.31. The van der Waals surface area contributed by atoms with Crippen molar-refractivity contribution in [1.29, 1.82) is 0 Å². The maximum Gasteiger partial charge on any atom is 0.244 e. The number of hydrazone groups is 1. The van der Waals surface area contributed by atoms with Crippen LogP contribution in [-0.4, -0.2) is 22.3 Å². The average Bonchev–Trinajstić information content (AvgIpc) is 2.44. The number of aryl methyl sites for hydroxylation is 1. The van der Waals surface area contributed by atoms with Crippen molar-refractivity contribution in [3.05, 3.63) is 58.1 Å². The SMILES string of the molecule is Cc1cc(Cl)cc(/C=N/NC(=O)Cc2cccc(O)c2)c1O. The molecule has 0 aliphatic heterocycles. The maximum absolute atomic E-state index is 11.7. The van der Waals surface area contributed by atoms with E-state index in [0.29, 0.717) is 21.7 Å². The summed E-state index contributed by atoms with van der Waals surface area (Å²) in [5.74, 6) is -0.163. The maximum atomic E-state index is 11.7. The Hall–Kier alpha value is -2.53. The van der Waals surface area contributed by atoms with E-state index in [9.17, 15) is 15.0 Å². The first-order chi connectivity index (χ1) is 10.5. The number of carbonyl (C=O) groups excluding carboxylic acids is 1. The van der Waals surface area contributed by atoms with Gasteiger partial charge in [-0.15, -0.1) is 0 Å². The second-order valence-corrected chi connectivity index (χ2v) is 5.24. The molecule has 6 heteroatoms. The largest absolute Gasteiger partial charge is 0.508 e. The number of rotatable bonds is 4. The number of carbonyl (C=O) groups is 1. The van der Waals surface area contributed by atoms with Crippen molar-refractivity contribution >= 4 is 23.7 Å². The van der Waals surface area contributed by atoms with Gasteiger partial charge in [-0.2, -0.15) is 5.10 Å². The Morgan fingerprint density at radius 2 is 2.09 bits per heavy atom. The van der Waals surface area contributed by atoms with Crippen molar-refractivity contribution in [2.45, 2.75) is 13.3 Å². The molecule has 0 saturated heterocycles. The predicted molar refractivity (Wildman–Crippen MR) is 85.4 cm³/mol. The molecule has 0 aromatic heterocycles. The molecule has 2 rings (SSSR count). The molecule has 5 nitrogen and oxygen atoms in total. The van der Waals surface area contributed by atoms with E-state index in [4.69, 9.17) is 11.6 Å². The lowest BCUT2D eigenvalue weighted by molar-refractivity contribution is -0.120. The third kappa shape index (κ3) is 4.23. The van der Waals surface area contributed by atoms with E-state index in [1.54, 1.807) is 31.2 Å². The Morgan fingerprint density at radius 1 is 1.32 bits per heavy atom. The van der Waals surface area contributed by atoms with Gasteiger partial charge in [0.15, 0.2) is 0 Å². The number of amides is 1. The van der Waals surface area contributed by atoms with Gasteiger partial charge in [0.1, 0.15) is 11.5 Å². The van der Waals surface area contributed by atoms with E-state index in [1.807, 2.05) is 0 Å². The van der Waals surface area contributed by atoms with Crippen LogP contribution >= 0.6 is 11.6 Å². The molecule has 0 unspecified atom stereocenters. The Balaban J connectivity index is 1.99. The molecular weight excluding hydrogens is 304 g/mol. The molecule has 0 radical (unpaired) electrons. The summed E-state index contributed by atoms with van der Waals surface area (Å²) < 4.78 is 0. The Labute approximate surface area is 132 Å². The molecular formula is C16H15ClN2O3. The topological polar surface area (TPSA) is 81.9 Å². The molecule has 0 saturated carbocycles. The van der Waals surface area contributed by atoms with Crippen LogP contribution in [0.1, 0.15) is 16.7 Å². The standard InChI is InChI=1S/C16H15ClN2O3/c1-10-5-13(17)8-12(16(10)22)9-18-19-15(21)7-11-3-2-4-14(20)6-11/h2-6,8-9,20,22H,7H2,1H3,(H,19,21)/b18-9+. The molecule has 3 N–H and O–H groups in total. The van der Waals surface area contributed by atoms with E-state index in [1.165, 1.54) is 18.3 Å². The molecule has 0 fully saturated rings. The second kappa shape index (κ2) is 6.95. The van der Waals surface area contributed by atoms with Crippen LogP contribution in [0.4, 0.5) is 0 Å². The smallest absolute Gasteiger partial charge is 0.244 e. The van der Waals surface area contributed by atoms with E-state index >= 15 is 0 Å². The van der Waals surface area contributed by atoms with E-state index in [2.05, 4.69) is 10.5 Å². The summed E-state index contributed by atoms with van der Waals surface area (Å²) in [7, 11) is 0. The summed E-state index contributed by atoms with van der Waals surface area (Å²) in [6.45, 7) is 1.72. The molecule has 0 aliphatic rings. The molecule has 0 spiro atoms. The number of benzene rings is 2. The molecule has 0 heterocycles. The van der Waals surface area contributed by atoms with Gasteiger partial charge >= 0.3 is 0 Å². The van der Waals surface area contributed by atoms with Crippen molar-refractivity contribution in [3.8, 4) is 11.5 Å². The summed E-state index contributed by atoms with van der Waals surface area (Å²) in [5.41, 5.74) is 4.08. The van der Waals surface area contributed by atoms with Crippen molar-refractivity contribution in [2.24, 2.45) is 5.10 Å². The van der Waals surface area contributed by atoms with Crippen molar-refractivity contribution < 1.29 is 15.0 Å². The van der Waals surface area contributed by atoms with Crippen molar-refractivity contribution in [1.82, 2.24) is 5.43 Å². The van der Waals surface area contributed by atoms with Crippen LogP contribution in [0, 0.1) is 6.92 Å². The van der Waals surface area contributed by atoms with Gasteiger partial charge in [-0.25, -0.2) is 5.43 Å². The molecule has 22 heavy (non-hydrogen) atoms. The van der Waals surface area contributed by atoms with Crippen LogP contribution in [0.5, 0.6) is 11.5 Å². The highest BCUT2D eigenvalue weighted by Crippen LogP contribution is 2.24. The lowest BCUT2D eigenvalue weighted by Crippen LogP contribution is -2.19. The number of hydrogen-bond donors (Lipinski definition) is 3. The van der Waals surface area contributed by atoms with Gasteiger partial charge in [-0.3, -0.25) is 4.79 Å². The number of nitrogens with zero attached hydrogens (tertiary/aromatic N) is 1. The van der Waals surface area contributed by atoms with E-state index in [-0.39, 0.29) is 23.8 Å². The molecule has 2 aromatic rings. The minimum atomic E-state index is -0.333. The van der Waals surface area contributed by atoms with Gasteiger partial charge < -0.3 is 10.2 Å². The van der Waals surface area contributed by atoms with Crippen LogP contribution in [0.2, 0.25) is 5.02 Å². The number of phenolic OH excluding ortho intramolecular Hbond substituents is 2. The Morgan fingerprint density at radius 3 is 2.82 bits per heavy atom. The fraction of sp³-hybridized carbons (Fsp3) is 0.125. The lowest BCUT2D eigenvalue weighted by atomic mass is 10.1. The number of aromatic hydroxyl groups is 2. The first-order valence-electron chi connectivity index (χ1n) is 6.54. The average molecular weight is 319 g/mol. The number of halogens is 1. The minimum Gasteiger partial charge on any atom is -0.508 e. The molecule has 0 aliphatic carbocycles. The minimum absolute atomic E-state index is 0.0652. The first-order valence-corrected chi connectivity index (χ1v) is 6.92. The molecule has 2 aromatic carbocycles. The van der Waals surface area contributed by atoms with E-state index < -0.39 is 0 Å². The summed E-state index contributed by atoms with van der Waals surface area (Å²) >= 11 is 5.90. The molecule has 1 amide bonds. The second-order valence-electron chi connectivity index (χ2n) is 4.80. The van der Waals surface area contributed by atoms with Crippen LogP contribution in [0.15, 0.2) is 41.5 Å². The van der Waals surface area contributed by atoms with Crippen LogP contribution in [-0.2, 0) is 11.2 Å². The van der Waals surface area contributed by atoms with E-state index in [0.717, 1.165) is 0 Å².